The molecule has 0 saturated heterocycles. The molecule has 102 valence electrons. The van der Waals surface area contributed by atoms with Crippen LogP contribution in [0.4, 0.5) is 5.69 Å². The van der Waals surface area contributed by atoms with Gasteiger partial charge in [0.1, 0.15) is 5.75 Å². The molecule has 2 N–H and O–H groups in total. The molecule has 0 saturated carbocycles. The summed E-state index contributed by atoms with van der Waals surface area (Å²) in [5, 5.41) is 6.86. The van der Waals surface area contributed by atoms with E-state index >= 15 is 0 Å². The van der Waals surface area contributed by atoms with E-state index in [1.165, 1.54) is 5.56 Å². The zero-order valence-electron chi connectivity index (χ0n) is 12.3. The molecule has 0 aliphatic carbocycles. The summed E-state index contributed by atoms with van der Waals surface area (Å²) in [5.74, 6) is 0.938. The van der Waals surface area contributed by atoms with Crippen molar-refractivity contribution < 1.29 is 4.74 Å². The fraction of sp³-hybridized carbons (Fsp3) is 0.600. The van der Waals surface area contributed by atoms with Gasteiger partial charge in [0.05, 0.1) is 12.3 Å². The quantitative estimate of drug-likeness (QED) is 0.761. The van der Waals surface area contributed by atoms with Gasteiger partial charge in [-0.05, 0) is 52.3 Å². The van der Waals surface area contributed by atoms with Crippen LogP contribution in [0.1, 0.15) is 33.3 Å². The summed E-state index contributed by atoms with van der Waals surface area (Å²) in [6.45, 7) is 13.1. The predicted octanol–water partition coefficient (Wildman–Crippen LogP) is 3.19. The number of anilines is 1. The van der Waals surface area contributed by atoms with Gasteiger partial charge < -0.3 is 15.4 Å². The van der Waals surface area contributed by atoms with Gasteiger partial charge in [0.2, 0.25) is 0 Å². The van der Waals surface area contributed by atoms with E-state index in [1.807, 2.05) is 6.92 Å². The van der Waals surface area contributed by atoms with Gasteiger partial charge in [0.15, 0.2) is 0 Å². The van der Waals surface area contributed by atoms with Crippen molar-refractivity contribution in [1.82, 2.24) is 5.32 Å². The molecule has 0 spiro atoms. The Morgan fingerprint density at radius 3 is 2.50 bits per heavy atom. The van der Waals surface area contributed by atoms with Gasteiger partial charge in [-0.25, -0.2) is 0 Å². The van der Waals surface area contributed by atoms with Crippen molar-refractivity contribution in [3.05, 3.63) is 23.8 Å². The van der Waals surface area contributed by atoms with Gasteiger partial charge in [-0.3, -0.25) is 0 Å². The maximum Gasteiger partial charge on any atom is 0.142 e. The first-order chi connectivity index (χ1) is 8.42. The molecule has 18 heavy (non-hydrogen) atoms. The minimum absolute atomic E-state index is 0.164. The van der Waals surface area contributed by atoms with Crippen LogP contribution < -0.4 is 15.4 Å². The molecule has 0 unspecified atom stereocenters. The average molecular weight is 250 g/mol. The second-order valence-electron chi connectivity index (χ2n) is 5.54. The summed E-state index contributed by atoms with van der Waals surface area (Å²) in [7, 11) is 0. The predicted molar refractivity (Wildman–Crippen MR) is 78.6 cm³/mol. The molecule has 0 heterocycles. The van der Waals surface area contributed by atoms with Crippen LogP contribution in [0.25, 0.3) is 0 Å². The van der Waals surface area contributed by atoms with Gasteiger partial charge >= 0.3 is 0 Å². The molecule has 0 amide bonds. The SMILES string of the molecule is CCOc1cc(C)ccc1NCCNC(C)(C)C. The molecule has 0 bridgehead atoms. The first-order valence-electron chi connectivity index (χ1n) is 6.65. The van der Waals surface area contributed by atoms with Gasteiger partial charge in [0, 0.05) is 18.6 Å². The Labute approximate surface area is 111 Å². The van der Waals surface area contributed by atoms with Crippen LogP contribution in [0.15, 0.2) is 18.2 Å². The molecule has 0 aliphatic heterocycles. The van der Waals surface area contributed by atoms with Crippen molar-refractivity contribution in [2.45, 2.75) is 40.2 Å². The highest BCUT2D eigenvalue weighted by molar-refractivity contribution is 5.57. The van der Waals surface area contributed by atoms with Crippen LogP contribution in [0.5, 0.6) is 5.75 Å². The summed E-state index contributed by atoms with van der Waals surface area (Å²) < 4.78 is 5.63. The minimum Gasteiger partial charge on any atom is -0.492 e. The molecule has 1 aromatic carbocycles. The van der Waals surface area contributed by atoms with Gasteiger partial charge in [-0.1, -0.05) is 6.07 Å². The Balaban J connectivity index is 2.51. The highest BCUT2D eigenvalue weighted by atomic mass is 16.5. The smallest absolute Gasteiger partial charge is 0.142 e. The molecular weight excluding hydrogens is 224 g/mol. The zero-order valence-corrected chi connectivity index (χ0v) is 12.3. The molecule has 1 rings (SSSR count). The standard InChI is InChI=1S/C15H26N2O/c1-6-18-14-11-12(2)7-8-13(14)16-9-10-17-15(3,4)5/h7-8,11,16-17H,6,9-10H2,1-5H3. The fourth-order valence-electron chi connectivity index (χ4n) is 1.69. The number of nitrogens with one attached hydrogen (secondary N) is 2. The lowest BCUT2D eigenvalue weighted by atomic mass is 10.1. The maximum atomic E-state index is 5.63. The number of ether oxygens (including phenoxy) is 1. The summed E-state index contributed by atoms with van der Waals surface area (Å²) in [4.78, 5) is 0. The van der Waals surface area contributed by atoms with Crippen molar-refractivity contribution in [3.8, 4) is 5.75 Å². The lowest BCUT2D eigenvalue weighted by Crippen LogP contribution is -2.38. The minimum atomic E-state index is 0.164. The number of hydrogen-bond acceptors (Lipinski definition) is 3. The van der Waals surface area contributed by atoms with Gasteiger partial charge in [0.25, 0.3) is 0 Å². The molecule has 0 aliphatic rings. The van der Waals surface area contributed by atoms with E-state index in [9.17, 15) is 0 Å². The van der Waals surface area contributed by atoms with E-state index in [1.54, 1.807) is 0 Å². The van der Waals surface area contributed by atoms with E-state index < -0.39 is 0 Å². The first-order valence-corrected chi connectivity index (χ1v) is 6.65. The van der Waals surface area contributed by atoms with E-state index in [0.29, 0.717) is 6.61 Å². The van der Waals surface area contributed by atoms with Crippen LogP contribution in [0.3, 0.4) is 0 Å². The first kappa shape index (κ1) is 14.8. The third kappa shape index (κ3) is 5.41. The Bertz CT molecular complexity index is 369. The molecule has 0 atom stereocenters. The Morgan fingerprint density at radius 2 is 1.89 bits per heavy atom. The van der Waals surface area contributed by atoms with Crippen LogP contribution in [0.2, 0.25) is 0 Å². The van der Waals surface area contributed by atoms with Crippen LogP contribution in [-0.2, 0) is 0 Å². The molecule has 3 nitrogen and oxygen atoms in total. The Kier molecular flexibility index (Phi) is 5.48. The summed E-state index contributed by atoms with van der Waals surface area (Å²) in [5.41, 5.74) is 2.45. The number of aryl methyl sites for hydroxylation is 1. The van der Waals surface area contributed by atoms with Crippen molar-refractivity contribution in [2.75, 3.05) is 25.0 Å². The molecule has 0 fully saturated rings. The van der Waals surface area contributed by atoms with Crippen molar-refractivity contribution in [3.63, 3.8) is 0 Å². The van der Waals surface area contributed by atoms with Crippen molar-refractivity contribution in [1.29, 1.82) is 0 Å². The lowest BCUT2D eigenvalue weighted by Gasteiger charge is -2.21. The number of hydrogen-bond donors (Lipinski definition) is 2. The van der Waals surface area contributed by atoms with Crippen molar-refractivity contribution >= 4 is 5.69 Å². The summed E-state index contributed by atoms with van der Waals surface area (Å²) in [6.07, 6.45) is 0. The molecule has 3 heteroatoms. The van der Waals surface area contributed by atoms with Crippen molar-refractivity contribution in [2.24, 2.45) is 0 Å². The maximum absolute atomic E-state index is 5.63. The molecule has 1 aromatic rings. The van der Waals surface area contributed by atoms with Crippen LogP contribution in [-0.4, -0.2) is 25.2 Å². The largest absolute Gasteiger partial charge is 0.492 e. The van der Waals surface area contributed by atoms with E-state index in [0.717, 1.165) is 24.5 Å². The molecule has 0 radical (unpaired) electrons. The monoisotopic (exact) mass is 250 g/mol. The lowest BCUT2D eigenvalue weighted by molar-refractivity contribution is 0.341. The van der Waals surface area contributed by atoms with E-state index in [2.05, 4.69) is 56.5 Å². The molecular formula is C15H26N2O. The Hall–Kier alpha value is -1.22. The molecule has 0 aromatic heterocycles. The normalized spacial score (nSPS) is 11.4. The highest BCUT2D eigenvalue weighted by Crippen LogP contribution is 2.25. The third-order valence-corrected chi connectivity index (χ3v) is 2.53. The number of rotatable bonds is 6. The third-order valence-electron chi connectivity index (χ3n) is 2.53. The fourth-order valence-corrected chi connectivity index (χ4v) is 1.69. The van der Waals surface area contributed by atoms with Crippen LogP contribution >= 0.6 is 0 Å². The zero-order chi connectivity index (χ0) is 13.6. The summed E-state index contributed by atoms with van der Waals surface area (Å²) >= 11 is 0. The highest BCUT2D eigenvalue weighted by Gasteiger charge is 2.08. The number of benzene rings is 1. The summed E-state index contributed by atoms with van der Waals surface area (Å²) in [6, 6.07) is 6.25. The topological polar surface area (TPSA) is 33.3 Å². The van der Waals surface area contributed by atoms with E-state index in [-0.39, 0.29) is 5.54 Å². The van der Waals surface area contributed by atoms with Gasteiger partial charge in [-0.15, -0.1) is 0 Å². The second-order valence-corrected chi connectivity index (χ2v) is 5.54. The average Bonchev–Trinajstić information content (AvgIpc) is 2.26. The second kappa shape index (κ2) is 6.64. The van der Waals surface area contributed by atoms with Gasteiger partial charge in [-0.2, -0.15) is 0 Å². The van der Waals surface area contributed by atoms with Crippen LogP contribution in [0, 0.1) is 6.92 Å². The van der Waals surface area contributed by atoms with E-state index in [4.69, 9.17) is 4.74 Å². The Morgan fingerprint density at radius 1 is 1.17 bits per heavy atom.